The quantitative estimate of drug-likeness (QED) is 0.122. The number of allylic oxidation sites excluding steroid dienone is 1. The maximum atomic E-state index is 13.5. The number of halogens is 1. The molecule has 4 rings (SSSR count). The van der Waals surface area contributed by atoms with Gasteiger partial charge in [0, 0.05) is 26.7 Å². The monoisotopic (exact) mass is 642 g/mol. The molecule has 0 saturated heterocycles. The van der Waals surface area contributed by atoms with Crippen molar-refractivity contribution in [3.8, 4) is 34.5 Å². The molecule has 9 heteroatoms. The highest BCUT2D eigenvalue weighted by Gasteiger charge is 2.37. The van der Waals surface area contributed by atoms with E-state index >= 15 is 0 Å². The topological polar surface area (TPSA) is 145 Å². The van der Waals surface area contributed by atoms with Crippen LogP contribution in [0.4, 0.5) is 0 Å². The van der Waals surface area contributed by atoms with Crippen molar-refractivity contribution in [2.24, 2.45) is 0 Å². The van der Waals surface area contributed by atoms with E-state index in [1.807, 2.05) is 18.2 Å². The molecule has 0 spiro atoms. The molecule has 8 nitrogen and oxygen atoms in total. The summed E-state index contributed by atoms with van der Waals surface area (Å²) in [6.45, 7) is 6.06. The molecule has 202 valence electrons. The van der Waals surface area contributed by atoms with Crippen molar-refractivity contribution in [1.29, 1.82) is 0 Å². The van der Waals surface area contributed by atoms with Gasteiger partial charge in [0.05, 0.1) is 5.56 Å². The normalized spacial score (nSPS) is 14.0. The van der Waals surface area contributed by atoms with E-state index in [0.29, 0.717) is 3.58 Å². The summed E-state index contributed by atoms with van der Waals surface area (Å²) in [6.07, 6.45) is 4.02. The van der Waals surface area contributed by atoms with Crippen LogP contribution in [0.25, 0.3) is 12.2 Å². The van der Waals surface area contributed by atoms with E-state index in [1.165, 1.54) is 13.0 Å². The summed E-state index contributed by atoms with van der Waals surface area (Å²) < 4.78 is 6.82. The highest BCUT2D eigenvalue weighted by atomic mass is 127. The summed E-state index contributed by atoms with van der Waals surface area (Å²) in [4.78, 5) is 25.6. The SMILES string of the molecule is CC(=O)c1c(O)c(C)c(O)c(Cc2c(O)c3c(c(C(=O)C=Cc4ccccc4)c2O)OC(C)(C)C(I)=C3)c1O. The fourth-order valence-electron chi connectivity index (χ4n) is 4.41. The van der Waals surface area contributed by atoms with Gasteiger partial charge in [-0.25, -0.2) is 0 Å². The van der Waals surface area contributed by atoms with Crippen molar-refractivity contribution in [2.45, 2.75) is 39.7 Å². The van der Waals surface area contributed by atoms with Gasteiger partial charge >= 0.3 is 0 Å². The Morgan fingerprint density at radius 2 is 1.49 bits per heavy atom. The summed E-state index contributed by atoms with van der Waals surface area (Å²) in [5.74, 6) is -4.09. The number of phenolic OH excluding ortho intramolecular Hbond substituents is 5. The predicted octanol–water partition coefficient (Wildman–Crippen LogP) is 6.16. The predicted molar refractivity (Wildman–Crippen MR) is 155 cm³/mol. The van der Waals surface area contributed by atoms with Crippen LogP contribution < -0.4 is 4.74 Å². The standard InChI is InChI=1S/C30H27IO8/c1-14-24(34)17(27(37)22(15(2)32)25(14)35)12-18-26(36)19-13-21(31)30(3,4)39-29(19)23(28(18)38)20(33)11-10-16-8-6-5-7-9-16/h5-11,13,34-38H,12H2,1-4H3. The Morgan fingerprint density at radius 1 is 0.897 bits per heavy atom. The van der Waals surface area contributed by atoms with Crippen molar-refractivity contribution in [1.82, 2.24) is 0 Å². The van der Waals surface area contributed by atoms with Gasteiger partial charge < -0.3 is 30.3 Å². The first-order valence-corrected chi connectivity index (χ1v) is 13.1. The van der Waals surface area contributed by atoms with Gasteiger partial charge in [-0.05, 0) is 68.0 Å². The van der Waals surface area contributed by atoms with Crippen LogP contribution in [0.3, 0.4) is 0 Å². The van der Waals surface area contributed by atoms with Gasteiger partial charge in [-0.15, -0.1) is 0 Å². The van der Waals surface area contributed by atoms with E-state index in [1.54, 1.807) is 38.1 Å². The molecule has 0 bridgehead atoms. The number of carbonyl (C=O) groups is 2. The molecule has 0 aromatic heterocycles. The highest BCUT2D eigenvalue weighted by molar-refractivity contribution is 14.1. The van der Waals surface area contributed by atoms with Crippen molar-refractivity contribution in [3.63, 3.8) is 0 Å². The molecule has 39 heavy (non-hydrogen) atoms. The van der Waals surface area contributed by atoms with Crippen LogP contribution in [-0.4, -0.2) is 42.7 Å². The van der Waals surface area contributed by atoms with Gasteiger partial charge in [0.1, 0.15) is 51.2 Å². The summed E-state index contributed by atoms with van der Waals surface area (Å²) in [5, 5.41) is 54.5. The molecule has 0 fully saturated rings. The van der Waals surface area contributed by atoms with E-state index in [2.05, 4.69) is 22.6 Å². The maximum absolute atomic E-state index is 13.5. The van der Waals surface area contributed by atoms with Gasteiger partial charge in [0.25, 0.3) is 0 Å². The molecule has 0 unspecified atom stereocenters. The number of hydrogen-bond donors (Lipinski definition) is 5. The molecule has 1 aliphatic rings. The van der Waals surface area contributed by atoms with Crippen LogP contribution in [0, 0.1) is 6.92 Å². The number of aromatic hydroxyl groups is 5. The number of ether oxygens (including phenoxy) is 1. The number of hydrogen-bond acceptors (Lipinski definition) is 8. The van der Waals surface area contributed by atoms with Gasteiger partial charge in [0.15, 0.2) is 11.6 Å². The minimum atomic E-state index is -0.854. The summed E-state index contributed by atoms with van der Waals surface area (Å²) in [6, 6.07) is 9.07. The van der Waals surface area contributed by atoms with Crippen molar-refractivity contribution in [3.05, 3.63) is 78.9 Å². The third-order valence-electron chi connectivity index (χ3n) is 6.67. The van der Waals surface area contributed by atoms with E-state index in [4.69, 9.17) is 4.74 Å². The Morgan fingerprint density at radius 3 is 2.10 bits per heavy atom. The lowest BCUT2D eigenvalue weighted by Gasteiger charge is -2.33. The van der Waals surface area contributed by atoms with Crippen LogP contribution >= 0.6 is 22.6 Å². The number of benzene rings is 3. The lowest BCUT2D eigenvalue weighted by molar-refractivity contribution is 0.100. The molecule has 1 heterocycles. The van der Waals surface area contributed by atoms with Crippen LogP contribution in [0.15, 0.2) is 40.0 Å². The third kappa shape index (κ3) is 4.94. The molecule has 0 aliphatic carbocycles. The van der Waals surface area contributed by atoms with Crippen LogP contribution in [-0.2, 0) is 6.42 Å². The van der Waals surface area contributed by atoms with Gasteiger partial charge in [-0.3, -0.25) is 9.59 Å². The molecular formula is C30H27IO8. The van der Waals surface area contributed by atoms with Crippen molar-refractivity contribution >= 4 is 46.3 Å². The summed E-state index contributed by atoms with van der Waals surface area (Å²) in [7, 11) is 0. The smallest absolute Gasteiger partial charge is 0.193 e. The van der Waals surface area contributed by atoms with Crippen LogP contribution in [0.2, 0.25) is 0 Å². The van der Waals surface area contributed by atoms with E-state index in [9.17, 15) is 35.1 Å². The summed E-state index contributed by atoms with van der Waals surface area (Å²) in [5.41, 5.74) is -1.03. The van der Waals surface area contributed by atoms with Crippen molar-refractivity contribution in [2.75, 3.05) is 0 Å². The molecule has 0 amide bonds. The molecule has 0 saturated carbocycles. The van der Waals surface area contributed by atoms with Crippen LogP contribution in [0.1, 0.15) is 69.3 Å². The third-order valence-corrected chi connectivity index (χ3v) is 8.28. The number of fused-ring (bicyclic) bond motifs is 1. The Balaban J connectivity index is 1.96. The molecule has 0 atom stereocenters. The highest BCUT2D eigenvalue weighted by Crippen LogP contribution is 2.52. The lowest BCUT2D eigenvalue weighted by Crippen LogP contribution is -2.32. The number of Topliss-reactive ketones (excluding diaryl/α,β-unsaturated/α-hetero) is 1. The molecule has 0 radical (unpaired) electrons. The lowest BCUT2D eigenvalue weighted by atomic mass is 9.89. The Bertz CT molecular complexity index is 1580. The fourth-order valence-corrected chi connectivity index (χ4v) is 4.84. The Kier molecular flexibility index (Phi) is 7.40. The zero-order chi connectivity index (χ0) is 28.8. The van der Waals surface area contributed by atoms with E-state index in [0.717, 1.165) is 12.5 Å². The first-order valence-electron chi connectivity index (χ1n) is 12.0. The average Bonchev–Trinajstić information content (AvgIpc) is 2.87. The van der Waals surface area contributed by atoms with Gasteiger partial charge in [-0.1, -0.05) is 36.4 Å². The largest absolute Gasteiger partial charge is 0.507 e. The second-order valence-corrected chi connectivity index (χ2v) is 10.9. The van der Waals surface area contributed by atoms with Gasteiger partial charge in [0.2, 0.25) is 0 Å². The Labute approximate surface area is 238 Å². The number of phenols is 5. The van der Waals surface area contributed by atoms with Gasteiger partial charge in [-0.2, -0.15) is 0 Å². The van der Waals surface area contributed by atoms with E-state index in [-0.39, 0.29) is 33.6 Å². The first kappa shape index (κ1) is 28.0. The molecule has 3 aromatic rings. The van der Waals surface area contributed by atoms with Crippen LogP contribution in [0.5, 0.6) is 34.5 Å². The Hall–Kier alpha value is -3.99. The maximum Gasteiger partial charge on any atom is 0.193 e. The summed E-state index contributed by atoms with van der Waals surface area (Å²) >= 11 is 2.06. The number of carbonyl (C=O) groups excluding carboxylic acids is 2. The number of rotatable bonds is 6. The second kappa shape index (κ2) is 10.3. The fraction of sp³-hybridized carbons (Fsp3) is 0.200. The first-order chi connectivity index (χ1) is 18.3. The zero-order valence-electron chi connectivity index (χ0n) is 21.7. The van der Waals surface area contributed by atoms with E-state index < -0.39 is 57.9 Å². The van der Waals surface area contributed by atoms with Crippen molar-refractivity contribution < 1.29 is 39.9 Å². The zero-order valence-corrected chi connectivity index (χ0v) is 23.8. The number of ketones is 2. The molecule has 5 N–H and O–H groups in total. The average molecular weight is 642 g/mol. The minimum Gasteiger partial charge on any atom is -0.507 e. The second-order valence-electron chi connectivity index (χ2n) is 9.76. The molecule has 3 aromatic carbocycles. The molecular weight excluding hydrogens is 615 g/mol. The minimum absolute atomic E-state index is 0.0124. The molecule has 1 aliphatic heterocycles.